The van der Waals surface area contributed by atoms with E-state index in [9.17, 15) is 14.7 Å². The fourth-order valence-corrected chi connectivity index (χ4v) is 9.69. The van der Waals surface area contributed by atoms with E-state index in [-0.39, 0.29) is 41.0 Å². The lowest BCUT2D eigenvalue weighted by molar-refractivity contribution is -0.542. The van der Waals surface area contributed by atoms with Crippen molar-refractivity contribution in [1.82, 2.24) is 0 Å². The largest absolute Gasteiger partial charge is 0.431 e. The maximum absolute atomic E-state index is 13.1. The van der Waals surface area contributed by atoms with Crippen LogP contribution in [-0.4, -0.2) is 40.8 Å². The van der Waals surface area contributed by atoms with E-state index in [1.165, 1.54) is 6.07 Å². The van der Waals surface area contributed by atoms with Crippen LogP contribution in [0, 0.1) is 22.7 Å². The Labute approximate surface area is 192 Å². The van der Waals surface area contributed by atoms with Crippen LogP contribution in [0.1, 0.15) is 76.7 Å². The number of hydrogen-bond acceptors (Lipinski definition) is 7. The summed E-state index contributed by atoms with van der Waals surface area (Å²) in [6.07, 6.45) is 8.74. The molecule has 1 N–H and O–H groups in total. The van der Waals surface area contributed by atoms with E-state index in [1.54, 1.807) is 6.26 Å². The number of fused-ring (bicyclic) bond motifs is 3. The van der Waals surface area contributed by atoms with Gasteiger partial charge in [-0.05, 0) is 67.9 Å². The molecule has 7 nitrogen and oxygen atoms in total. The van der Waals surface area contributed by atoms with Crippen molar-refractivity contribution in [2.75, 3.05) is 0 Å². The Bertz CT molecular complexity index is 1060. The van der Waals surface area contributed by atoms with Crippen molar-refractivity contribution in [2.45, 2.75) is 101 Å². The summed E-state index contributed by atoms with van der Waals surface area (Å²) in [6, 6.07) is 3.32. The van der Waals surface area contributed by atoms with E-state index in [4.69, 9.17) is 18.6 Å². The van der Waals surface area contributed by atoms with Crippen molar-refractivity contribution in [3.05, 3.63) is 34.4 Å². The average molecular weight is 457 g/mol. The zero-order valence-corrected chi connectivity index (χ0v) is 19.2. The molecule has 4 aliphatic carbocycles. The zero-order chi connectivity index (χ0) is 22.9. The van der Waals surface area contributed by atoms with Crippen LogP contribution in [0.15, 0.2) is 27.6 Å². The predicted octanol–water partition coefficient (Wildman–Crippen LogP) is 3.28. The minimum Gasteiger partial charge on any atom is -0.431 e. The summed E-state index contributed by atoms with van der Waals surface area (Å²) in [5.41, 5.74) is -1.92. The Morgan fingerprint density at radius 3 is 2.61 bits per heavy atom. The molecule has 4 saturated carbocycles. The van der Waals surface area contributed by atoms with E-state index in [0.717, 1.165) is 50.4 Å². The van der Waals surface area contributed by atoms with Crippen molar-refractivity contribution in [2.24, 2.45) is 22.7 Å². The maximum Gasteiger partial charge on any atom is 0.335 e. The molecule has 1 aromatic heterocycles. The number of rotatable bonds is 2. The highest BCUT2D eigenvalue weighted by molar-refractivity contribution is 5.66. The molecule has 0 unspecified atom stereocenters. The van der Waals surface area contributed by atoms with Crippen LogP contribution in [0.2, 0.25) is 0 Å². The second-order valence-electron chi connectivity index (χ2n) is 11.9. The van der Waals surface area contributed by atoms with Crippen LogP contribution in [0.5, 0.6) is 0 Å². The molecular weight excluding hydrogens is 424 g/mol. The molecule has 3 aliphatic heterocycles. The summed E-state index contributed by atoms with van der Waals surface area (Å²) >= 11 is 0. The first-order valence-corrected chi connectivity index (χ1v) is 12.5. The summed E-state index contributed by atoms with van der Waals surface area (Å²) < 4.78 is 24.0. The lowest BCUT2D eigenvalue weighted by atomic mass is 9.40. The lowest BCUT2D eigenvalue weighted by Crippen LogP contribution is -2.81. The van der Waals surface area contributed by atoms with Gasteiger partial charge < -0.3 is 28.5 Å². The van der Waals surface area contributed by atoms with Gasteiger partial charge in [0.25, 0.3) is 5.97 Å². The third-order valence-electron chi connectivity index (χ3n) is 10.9. The normalized spacial score (nSPS) is 56.2. The van der Waals surface area contributed by atoms with Gasteiger partial charge in [-0.2, -0.15) is 0 Å². The van der Waals surface area contributed by atoms with Crippen LogP contribution < -0.4 is 5.63 Å². The van der Waals surface area contributed by atoms with Gasteiger partial charge in [-0.25, -0.2) is 4.79 Å². The topological polar surface area (TPSA) is 95.2 Å². The van der Waals surface area contributed by atoms with Crippen molar-refractivity contribution in [1.29, 1.82) is 0 Å². The highest BCUT2D eigenvalue weighted by Crippen LogP contribution is 2.74. The van der Waals surface area contributed by atoms with Crippen LogP contribution in [0.25, 0.3) is 0 Å². The van der Waals surface area contributed by atoms with E-state index in [2.05, 4.69) is 6.92 Å². The molecule has 8 rings (SSSR count). The molecule has 1 aromatic rings. The molecule has 7 heteroatoms. The number of aliphatic hydroxyl groups is 1. The molecule has 0 amide bonds. The van der Waals surface area contributed by atoms with Gasteiger partial charge in [-0.3, -0.25) is 0 Å². The molecule has 1 spiro atoms. The van der Waals surface area contributed by atoms with E-state index in [1.807, 2.05) is 13.0 Å². The van der Waals surface area contributed by atoms with Gasteiger partial charge >= 0.3 is 5.63 Å². The van der Waals surface area contributed by atoms with E-state index in [0.29, 0.717) is 12.8 Å². The molecular formula is C26H32O7. The first-order chi connectivity index (χ1) is 15.7. The number of carbonyl (C=O) groups is 1. The number of carbonyl (C=O) groups excluding carboxylic acids is 1. The van der Waals surface area contributed by atoms with Gasteiger partial charge in [0.1, 0.15) is 6.29 Å². The fraction of sp³-hybridized carbons (Fsp3) is 0.769. The van der Waals surface area contributed by atoms with E-state index < -0.39 is 22.6 Å². The summed E-state index contributed by atoms with van der Waals surface area (Å²) in [4.78, 5) is 24.6. The van der Waals surface area contributed by atoms with Crippen LogP contribution in [0.4, 0.5) is 0 Å². The molecule has 0 aromatic carbocycles. The summed E-state index contributed by atoms with van der Waals surface area (Å²) in [7, 11) is 0. The molecule has 7 fully saturated rings. The number of ether oxygens (including phenoxy) is 3. The van der Waals surface area contributed by atoms with Gasteiger partial charge in [0, 0.05) is 31.2 Å². The minimum absolute atomic E-state index is 0.00578. The van der Waals surface area contributed by atoms with Crippen molar-refractivity contribution >= 4 is 6.29 Å². The molecule has 4 heterocycles. The van der Waals surface area contributed by atoms with Gasteiger partial charge in [-0.1, -0.05) is 6.92 Å². The Hall–Kier alpha value is -1.54. The van der Waals surface area contributed by atoms with Gasteiger partial charge in [0.15, 0.2) is 0 Å². The van der Waals surface area contributed by atoms with Crippen LogP contribution in [-0.2, 0) is 19.0 Å². The van der Waals surface area contributed by atoms with Crippen LogP contribution >= 0.6 is 0 Å². The fourth-order valence-electron chi connectivity index (χ4n) is 9.69. The SMILES string of the molecule is C[C@@]12O[C@H]3C[C@@H](O1)[C@]1(C=O)[C@@H]4CC[C@]5(C)[C@@H](c6ccc(=O)oc6)CC[C@]5(O)[C@H]4CC[C@@]1(C3)O2. The van der Waals surface area contributed by atoms with Crippen molar-refractivity contribution < 1.29 is 28.5 Å². The molecule has 3 saturated heterocycles. The number of hydrogen-bond donors (Lipinski definition) is 1. The molecule has 178 valence electrons. The van der Waals surface area contributed by atoms with Gasteiger partial charge in [-0.15, -0.1) is 0 Å². The van der Waals surface area contributed by atoms with Gasteiger partial charge in [0.2, 0.25) is 0 Å². The Morgan fingerprint density at radius 2 is 1.88 bits per heavy atom. The first-order valence-electron chi connectivity index (χ1n) is 12.5. The Morgan fingerprint density at radius 1 is 1.06 bits per heavy atom. The number of aldehydes is 1. The smallest absolute Gasteiger partial charge is 0.335 e. The third kappa shape index (κ3) is 2.26. The third-order valence-corrected chi connectivity index (χ3v) is 10.9. The summed E-state index contributed by atoms with van der Waals surface area (Å²) in [5, 5.41) is 12.4. The Balaban J connectivity index is 1.30. The lowest BCUT2D eigenvalue weighted by Gasteiger charge is -2.73. The molecule has 10 atom stereocenters. The standard InChI is InChI=1S/C26H32O7/c1-22-8-5-18-19(26(22,29)10-7-17(22)15-3-4-21(28)30-13-15)6-9-24-12-16-11-20(25(18,24)14-27)32-23(2,31-16)33-24/h3-4,13-14,16-20,29H,5-12H2,1-2H3/t16-,17+,18+,19-,20+,22+,23+,24-,25-,26-/m0/s1. The van der Waals surface area contributed by atoms with Crippen molar-refractivity contribution in [3.63, 3.8) is 0 Å². The Kier molecular flexibility index (Phi) is 3.89. The minimum atomic E-state index is -1.07. The molecule has 0 radical (unpaired) electrons. The quantitative estimate of drug-likeness (QED) is 0.683. The summed E-state index contributed by atoms with van der Waals surface area (Å²) in [6.45, 7) is 4.03. The monoisotopic (exact) mass is 456 g/mol. The first kappa shape index (κ1) is 20.8. The highest BCUT2D eigenvalue weighted by Gasteiger charge is 2.79. The predicted molar refractivity (Wildman–Crippen MR) is 115 cm³/mol. The van der Waals surface area contributed by atoms with Crippen LogP contribution in [0.3, 0.4) is 0 Å². The van der Waals surface area contributed by atoms with Crippen molar-refractivity contribution in [3.8, 4) is 0 Å². The summed E-state index contributed by atoms with van der Waals surface area (Å²) in [5.74, 6) is -0.927. The second kappa shape index (κ2) is 6.17. The van der Waals surface area contributed by atoms with Gasteiger partial charge in [0.05, 0.1) is 35.1 Å². The van der Waals surface area contributed by atoms with E-state index >= 15 is 0 Å². The molecule has 4 bridgehead atoms. The molecule has 7 aliphatic rings. The molecule has 33 heavy (non-hydrogen) atoms. The zero-order valence-electron chi connectivity index (χ0n) is 19.2. The maximum atomic E-state index is 13.1. The second-order valence-corrected chi connectivity index (χ2v) is 11.9. The highest BCUT2D eigenvalue weighted by atomic mass is 16.9. The average Bonchev–Trinajstić information content (AvgIpc) is 3.04.